The van der Waals surface area contributed by atoms with Gasteiger partial charge in [0.1, 0.15) is 0 Å². The van der Waals surface area contributed by atoms with Crippen LogP contribution in [0.4, 0.5) is 0 Å². The summed E-state index contributed by atoms with van der Waals surface area (Å²) in [5.41, 5.74) is 2.83. The van der Waals surface area contributed by atoms with Gasteiger partial charge in [-0.15, -0.1) is 0 Å². The minimum absolute atomic E-state index is 0.00608. The Kier molecular flexibility index (Phi) is 6.30. The number of carbonyl (C=O) groups excluding carboxylic acids is 1. The molecule has 140 valence electrons. The predicted molar refractivity (Wildman–Crippen MR) is 107 cm³/mol. The Labute approximate surface area is 161 Å². The molecule has 1 aromatic carbocycles. The lowest BCUT2D eigenvalue weighted by atomic mass is 9.71. The molecule has 0 aliphatic heterocycles. The summed E-state index contributed by atoms with van der Waals surface area (Å²) in [4.78, 5) is 12.2. The van der Waals surface area contributed by atoms with Crippen molar-refractivity contribution in [1.82, 2.24) is 0 Å². The van der Waals surface area contributed by atoms with Crippen molar-refractivity contribution < 1.29 is 13.2 Å². The number of hydrogen-bond acceptors (Lipinski definition) is 3. The van der Waals surface area contributed by atoms with Crippen LogP contribution in [0.15, 0.2) is 63.4 Å². The van der Waals surface area contributed by atoms with Crippen LogP contribution in [-0.4, -0.2) is 14.2 Å². The number of halogens is 1. The lowest BCUT2D eigenvalue weighted by molar-refractivity contribution is -0.116. The zero-order chi connectivity index (χ0) is 19.5. The molecular formula is C21H25ClO3S. The molecule has 0 aromatic heterocycles. The number of Topliss-reactive ketones (excluding diaryl/α,β-unsaturated/α-hetero) is 1. The number of hydrogen-bond donors (Lipinski definition) is 0. The topological polar surface area (TPSA) is 51.2 Å². The second-order valence-corrected chi connectivity index (χ2v) is 9.63. The second kappa shape index (κ2) is 7.93. The Hall–Kier alpha value is -1.65. The molecular weight excluding hydrogens is 368 g/mol. The van der Waals surface area contributed by atoms with Gasteiger partial charge in [0.25, 0.3) is 0 Å². The molecule has 0 atom stereocenters. The molecule has 0 N–H and O–H groups in total. The van der Waals surface area contributed by atoms with Crippen molar-refractivity contribution in [2.24, 2.45) is 5.41 Å². The highest BCUT2D eigenvalue weighted by molar-refractivity contribution is 7.94. The first kappa shape index (κ1) is 20.7. The summed E-state index contributed by atoms with van der Waals surface area (Å²) in [5.74, 6) is 0.214. The van der Waals surface area contributed by atoms with Crippen molar-refractivity contribution >= 4 is 27.2 Å². The number of rotatable bonds is 5. The third kappa shape index (κ3) is 4.95. The van der Waals surface area contributed by atoms with Crippen LogP contribution in [0.2, 0.25) is 5.02 Å². The van der Waals surface area contributed by atoms with Gasteiger partial charge in [0, 0.05) is 16.9 Å². The molecule has 0 radical (unpaired) electrons. The van der Waals surface area contributed by atoms with Gasteiger partial charge in [0.2, 0.25) is 0 Å². The van der Waals surface area contributed by atoms with E-state index in [1.54, 1.807) is 18.2 Å². The summed E-state index contributed by atoms with van der Waals surface area (Å²) in [6, 6.07) is 6.10. The molecule has 1 aliphatic carbocycles. The summed E-state index contributed by atoms with van der Waals surface area (Å²) in [6.45, 7) is 8.06. The fraction of sp³-hybridized carbons (Fsp3) is 0.381. The van der Waals surface area contributed by atoms with Gasteiger partial charge in [0.15, 0.2) is 15.6 Å². The lowest BCUT2D eigenvalue weighted by Gasteiger charge is -2.33. The summed E-state index contributed by atoms with van der Waals surface area (Å²) in [7, 11) is -3.50. The molecule has 0 saturated carbocycles. The lowest BCUT2D eigenvalue weighted by Crippen LogP contribution is -2.25. The van der Waals surface area contributed by atoms with Gasteiger partial charge in [-0.25, -0.2) is 8.42 Å². The van der Waals surface area contributed by atoms with E-state index in [0.717, 1.165) is 23.1 Å². The quantitative estimate of drug-likeness (QED) is 0.606. The summed E-state index contributed by atoms with van der Waals surface area (Å²) >= 11 is 5.80. The monoisotopic (exact) mass is 392 g/mol. The maximum absolute atomic E-state index is 12.3. The highest BCUT2D eigenvalue weighted by Crippen LogP contribution is 2.40. The van der Waals surface area contributed by atoms with Crippen LogP contribution in [0, 0.1) is 5.41 Å². The molecule has 1 aliphatic rings. The van der Waals surface area contributed by atoms with Crippen LogP contribution < -0.4 is 0 Å². The molecule has 0 saturated heterocycles. The standard InChI is InChI=1S/C21H25ClO3S/c1-15(5-10-19-16(2)20(23)11-13-21(19,3)4)12-14-26(24,25)18-8-6-17(22)7-9-18/h5-9,12,14H,10-11,13H2,1-4H3. The molecule has 5 heteroatoms. The molecule has 3 nitrogen and oxygen atoms in total. The normalized spacial score (nSPS) is 18.7. The van der Waals surface area contributed by atoms with Crippen LogP contribution in [0.5, 0.6) is 0 Å². The molecule has 0 heterocycles. The molecule has 0 unspecified atom stereocenters. The highest BCUT2D eigenvalue weighted by Gasteiger charge is 2.31. The molecule has 26 heavy (non-hydrogen) atoms. The molecule has 0 spiro atoms. The Bertz CT molecular complexity index is 886. The highest BCUT2D eigenvalue weighted by atomic mass is 35.5. The van der Waals surface area contributed by atoms with Crippen molar-refractivity contribution in [3.05, 3.63) is 63.6 Å². The third-order valence-corrected chi connectivity index (χ3v) is 6.62. The molecule has 0 fully saturated rings. The van der Waals surface area contributed by atoms with E-state index < -0.39 is 9.84 Å². The average Bonchev–Trinajstić information content (AvgIpc) is 2.57. The molecule has 0 amide bonds. The SMILES string of the molecule is CC(C=CS(=O)(=O)c1ccc(Cl)cc1)=CCC1=C(C)C(=O)CCC1(C)C. The van der Waals surface area contributed by atoms with E-state index in [2.05, 4.69) is 13.8 Å². The Morgan fingerprint density at radius 2 is 1.85 bits per heavy atom. The minimum Gasteiger partial charge on any atom is -0.295 e. The maximum atomic E-state index is 12.3. The Morgan fingerprint density at radius 1 is 1.23 bits per heavy atom. The van der Waals surface area contributed by atoms with Gasteiger partial charge in [-0.2, -0.15) is 0 Å². The largest absolute Gasteiger partial charge is 0.295 e. The minimum atomic E-state index is -3.50. The van der Waals surface area contributed by atoms with Crippen LogP contribution in [0.3, 0.4) is 0 Å². The number of allylic oxidation sites excluding steroid dienone is 5. The van der Waals surface area contributed by atoms with Crippen LogP contribution in [-0.2, 0) is 14.6 Å². The summed E-state index contributed by atoms with van der Waals surface area (Å²) in [6.07, 6.45) is 5.68. The Balaban J connectivity index is 2.17. The van der Waals surface area contributed by atoms with Crippen molar-refractivity contribution in [3.8, 4) is 0 Å². The van der Waals surface area contributed by atoms with Gasteiger partial charge in [-0.3, -0.25) is 4.79 Å². The first-order chi connectivity index (χ1) is 12.0. The fourth-order valence-electron chi connectivity index (χ4n) is 3.10. The van der Waals surface area contributed by atoms with Crippen LogP contribution in [0.25, 0.3) is 0 Å². The smallest absolute Gasteiger partial charge is 0.199 e. The first-order valence-electron chi connectivity index (χ1n) is 8.62. The van der Waals surface area contributed by atoms with E-state index in [9.17, 15) is 13.2 Å². The van der Waals surface area contributed by atoms with Crippen molar-refractivity contribution in [2.75, 3.05) is 0 Å². The van der Waals surface area contributed by atoms with E-state index >= 15 is 0 Å². The van der Waals surface area contributed by atoms with Gasteiger partial charge in [-0.05, 0) is 68.0 Å². The van der Waals surface area contributed by atoms with E-state index in [0.29, 0.717) is 17.9 Å². The van der Waals surface area contributed by atoms with Gasteiger partial charge < -0.3 is 0 Å². The van der Waals surface area contributed by atoms with Crippen LogP contribution >= 0.6 is 11.6 Å². The van der Waals surface area contributed by atoms with E-state index in [4.69, 9.17) is 11.6 Å². The first-order valence-corrected chi connectivity index (χ1v) is 10.5. The fourth-order valence-corrected chi connectivity index (χ4v) is 4.29. The zero-order valence-electron chi connectivity index (χ0n) is 15.7. The summed E-state index contributed by atoms with van der Waals surface area (Å²) < 4.78 is 24.7. The zero-order valence-corrected chi connectivity index (χ0v) is 17.2. The van der Waals surface area contributed by atoms with E-state index in [1.165, 1.54) is 17.5 Å². The van der Waals surface area contributed by atoms with Crippen molar-refractivity contribution in [1.29, 1.82) is 0 Å². The average molecular weight is 393 g/mol. The maximum Gasteiger partial charge on any atom is 0.199 e. The van der Waals surface area contributed by atoms with E-state index in [1.807, 2.05) is 19.9 Å². The number of ketones is 1. The Morgan fingerprint density at radius 3 is 2.46 bits per heavy atom. The van der Waals surface area contributed by atoms with Crippen molar-refractivity contribution in [2.45, 2.75) is 51.9 Å². The summed E-state index contributed by atoms with van der Waals surface area (Å²) in [5, 5.41) is 1.71. The molecule has 2 rings (SSSR count). The van der Waals surface area contributed by atoms with Gasteiger partial charge >= 0.3 is 0 Å². The van der Waals surface area contributed by atoms with Crippen LogP contribution in [0.1, 0.15) is 47.0 Å². The molecule has 0 bridgehead atoms. The third-order valence-electron chi connectivity index (χ3n) is 4.95. The second-order valence-electron chi connectivity index (χ2n) is 7.36. The van der Waals surface area contributed by atoms with Gasteiger partial charge in [0.05, 0.1) is 4.90 Å². The van der Waals surface area contributed by atoms with E-state index in [-0.39, 0.29) is 16.1 Å². The molecule has 1 aromatic rings. The van der Waals surface area contributed by atoms with Crippen molar-refractivity contribution in [3.63, 3.8) is 0 Å². The number of benzene rings is 1. The van der Waals surface area contributed by atoms with Gasteiger partial charge in [-0.1, -0.05) is 42.7 Å². The number of sulfone groups is 1. The predicted octanol–water partition coefficient (Wildman–Crippen LogP) is 5.67. The number of carbonyl (C=O) groups is 1.